The van der Waals surface area contributed by atoms with Crippen LogP contribution in [0.1, 0.15) is 18.4 Å². The SMILES string of the molecule is COc1ccc(C=CCN2C[C@@H](C(=O)O)[C@H](C3CC3)C2)cc1. The lowest BCUT2D eigenvalue weighted by atomic mass is 9.92. The minimum Gasteiger partial charge on any atom is -0.497 e. The Hall–Kier alpha value is -1.81. The highest BCUT2D eigenvalue weighted by molar-refractivity contribution is 5.71. The van der Waals surface area contributed by atoms with Gasteiger partial charge in [-0.05, 0) is 42.4 Å². The molecule has 3 rings (SSSR count). The maximum absolute atomic E-state index is 11.4. The molecule has 0 aromatic heterocycles. The fourth-order valence-corrected chi connectivity index (χ4v) is 3.38. The molecule has 1 aromatic carbocycles. The van der Waals surface area contributed by atoms with Crippen molar-refractivity contribution in [2.45, 2.75) is 12.8 Å². The van der Waals surface area contributed by atoms with Gasteiger partial charge in [-0.25, -0.2) is 0 Å². The van der Waals surface area contributed by atoms with Crippen molar-refractivity contribution >= 4 is 12.0 Å². The second-order valence-electron chi connectivity index (χ2n) is 6.34. The molecule has 0 radical (unpaired) electrons. The molecule has 0 spiro atoms. The quantitative estimate of drug-likeness (QED) is 0.878. The van der Waals surface area contributed by atoms with Gasteiger partial charge in [-0.2, -0.15) is 0 Å². The van der Waals surface area contributed by atoms with Gasteiger partial charge in [-0.1, -0.05) is 24.3 Å². The summed E-state index contributed by atoms with van der Waals surface area (Å²) >= 11 is 0. The van der Waals surface area contributed by atoms with E-state index in [1.807, 2.05) is 24.3 Å². The van der Waals surface area contributed by atoms with Gasteiger partial charge in [-0.15, -0.1) is 0 Å². The number of carboxylic acids is 1. The Morgan fingerprint density at radius 1 is 1.32 bits per heavy atom. The summed E-state index contributed by atoms with van der Waals surface area (Å²) in [5, 5.41) is 9.37. The highest BCUT2D eigenvalue weighted by Gasteiger charge is 2.45. The van der Waals surface area contributed by atoms with E-state index in [0.717, 1.165) is 24.4 Å². The number of methoxy groups -OCH3 is 1. The van der Waals surface area contributed by atoms with Crippen molar-refractivity contribution in [1.29, 1.82) is 0 Å². The molecule has 1 aromatic rings. The maximum atomic E-state index is 11.4. The van der Waals surface area contributed by atoms with Crippen molar-refractivity contribution in [3.63, 3.8) is 0 Å². The number of aliphatic carboxylic acids is 1. The van der Waals surface area contributed by atoms with E-state index >= 15 is 0 Å². The standard InChI is InChI=1S/C18H23NO3/c1-22-15-8-4-13(5-9-15)3-2-10-19-11-16(14-6-7-14)17(12-19)18(20)21/h2-5,8-9,14,16-17H,6-7,10-12H2,1H3,(H,20,21)/t16-,17+/m0/s1. The number of benzene rings is 1. The summed E-state index contributed by atoms with van der Waals surface area (Å²) in [7, 11) is 1.66. The van der Waals surface area contributed by atoms with Crippen LogP contribution in [0.15, 0.2) is 30.3 Å². The van der Waals surface area contributed by atoms with E-state index in [9.17, 15) is 9.90 Å². The number of carbonyl (C=O) groups is 1. The van der Waals surface area contributed by atoms with Gasteiger partial charge in [0, 0.05) is 19.6 Å². The first-order chi connectivity index (χ1) is 10.7. The zero-order valence-corrected chi connectivity index (χ0v) is 12.9. The molecule has 118 valence electrons. The number of likely N-dealkylation sites (tertiary alicyclic amines) is 1. The molecule has 1 aliphatic carbocycles. The van der Waals surface area contributed by atoms with Crippen molar-refractivity contribution in [2.75, 3.05) is 26.7 Å². The molecule has 22 heavy (non-hydrogen) atoms. The molecule has 1 N–H and O–H groups in total. The summed E-state index contributed by atoms with van der Waals surface area (Å²) < 4.78 is 5.14. The van der Waals surface area contributed by atoms with Gasteiger partial charge < -0.3 is 9.84 Å². The summed E-state index contributed by atoms with van der Waals surface area (Å²) in [6.45, 7) is 2.43. The molecule has 0 unspecified atom stereocenters. The fraction of sp³-hybridized carbons (Fsp3) is 0.500. The van der Waals surface area contributed by atoms with Crippen LogP contribution in [0.25, 0.3) is 6.08 Å². The van der Waals surface area contributed by atoms with Crippen molar-refractivity contribution in [1.82, 2.24) is 4.90 Å². The molecule has 1 heterocycles. The summed E-state index contributed by atoms with van der Waals surface area (Å²) in [6.07, 6.45) is 6.63. The second kappa shape index (κ2) is 6.53. The number of nitrogens with zero attached hydrogens (tertiary/aromatic N) is 1. The predicted molar refractivity (Wildman–Crippen MR) is 85.8 cm³/mol. The highest BCUT2D eigenvalue weighted by Crippen LogP contribution is 2.44. The van der Waals surface area contributed by atoms with Crippen molar-refractivity contribution in [2.24, 2.45) is 17.8 Å². The molecule has 0 amide bonds. The smallest absolute Gasteiger partial charge is 0.308 e. The van der Waals surface area contributed by atoms with Crippen LogP contribution in [0.4, 0.5) is 0 Å². The topological polar surface area (TPSA) is 49.8 Å². The Morgan fingerprint density at radius 2 is 2.05 bits per heavy atom. The Morgan fingerprint density at radius 3 is 2.64 bits per heavy atom. The molecule has 2 fully saturated rings. The van der Waals surface area contributed by atoms with E-state index in [-0.39, 0.29) is 5.92 Å². The zero-order chi connectivity index (χ0) is 15.5. The van der Waals surface area contributed by atoms with Gasteiger partial charge in [0.2, 0.25) is 0 Å². The molecular formula is C18H23NO3. The molecule has 4 heteroatoms. The lowest BCUT2D eigenvalue weighted by molar-refractivity contribution is -0.142. The minimum atomic E-state index is -0.626. The molecule has 0 bridgehead atoms. The molecule has 1 saturated carbocycles. The molecule has 4 nitrogen and oxygen atoms in total. The van der Waals surface area contributed by atoms with Gasteiger partial charge in [0.25, 0.3) is 0 Å². The number of hydrogen-bond acceptors (Lipinski definition) is 3. The average Bonchev–Trinajstić information content (AvgIpc) is 3.28. The largest absolute Gasteiger partial charge is 0.497 e. The van der Waals surface area contributed by atoms with Crippen LogP contribution in [0.3, 0.4) is 0 Å². The Balaban J connectivity index is 1.54. The number of carboxylic acid groups (broad SMARTS) is 1. The third-order valence-corrected chi connectivity index (χ3v) is 4.78. The lowest BCUT2D eigenvalue weighted by Crippen LogP contribution is -2.24. The van der Waals surface area contributed by atoms with E-state index in [2.05, 4.69) is 17.1 Å². The van der Waals surface area contributed by atoms with Crippen LogP contribution >= 0.6 is 0 Å². The molecular weight excluding hydrogens is 278 g/mol. The first-order valence-corrected chi connectivity index (χ1v) is 7.93. The van der Waals surface area contributed by atoms with E-state index in [4.69, 9.17) is 4.74 Å². The van der Waals surface area contributed by atoms with E-state index < -0.39 is 5.97 Å². The Bertz CT molecular complexity index is 548. The lowest BCUT2D eigenvalue weighted by Gasteiger charge is -2.13. The third-order valence-electron chi connectivity index (χ3n) is 4.78. The van der Waals surface area contributed by atoms with Crippen LogP contribution in [-0.2, 0) is 4.79 Å². The van der Waals surface area contributed by atoms with Crippen molar-refractivity contribution in [3.8, 4) is 5.75 Å². The molecule has 1 saturated heterocycles. The van der Waals surface area contributed by atoms with Crippen LogP contribution in [0.2, 0.25) is 0 Å². The number of ether oxygens (including phenoxy) is 1. The van der Waals surface area contributed by atoms with Gasteiger partial charge in [-0.3, -0.25) is 9.69 Å². The third kappa shape index (κ3) is 3.50. The monoisotopic (exact) mass is 301 g/mol. The molecule has 2 aliphatic rings. The van der Waals surface area contributed by atoms with Crippen molar-refractivity contribution < 1.29 is 14.6 Å². The summed E-state index contributed by atoms with van der Waals surface area (Å²) in [5.74, 6) is 1.05. The Labute approximate surface area is 131 Å². The molecule has 1 aliphatic heterocycles. The van der Waals surface area contributed by atoms with Crippen LogP contribution in [-0.4, -0.2) is 42.7 Å². The first kappa shape index (κ1) is 15.1. The second-order valence-corrected chi connectivity index (χ2v) is 6.34. The van der Waals surface area contributed by atoms with E-state index in [1.165, 1.54) is 12.8 Å². The van der Waals surface area contributed by atoms with Crippen LogP contribution in [0.5, 0.6) is 5.75 Å². The van der Waals surface area contributed by atoms with Crippen LogP contribution < -0.4 is 4.74 Å². The van der Waals surface area contributed by atoms with Crippen LogP contribution in [0, 0.1) is 17.8 Å². The normalized spacial score (nSPS) is 25.7. The number of hydrogen-bond donors (Lipinski definition) is 1. The fourth-order valence-electron chi connectivity index (χ4n) is 3.38. The summed E-state index contributed by atoms with van der Waals surface area (Å²) in [6, 6.07) is 7.93. The van der Waals surface area contributed by atoms with E-state index in [1.54, 1.807) is 7.11 Å². The highest BCUT2D eigenvalue weighted by atomic mass is 16.5. The van der Waals surface area contributed by atoms with Crippen molar-refractivity contribution in [3.05, 3.63) is 35.9 Å². The van der Waals surface area contributed by atoms with Gasteiger partial charge >= 0.3 is 5.97 Å². The Kier molecular flexibility index (Phi) is 4.48. The summed E-state index contributed by atoms with van der Waals surface area (Å²) in [5.41, 5.74) is 1.13. The first-order valence-electron chi connectivity index (χ1n) is 7.93. The average molecular weight is 301 g/mol. The number of rotatable bonds is 6. The summed E-state index contributed by atoms with van der Waals surface area (Å²) in [4.78, 5) is 13.7. The predicted octanol–water partition coefficient (Wildman–Crippen LogP) is 2.75. The van der Waals surface area contributed by atoms with Gasteiger partial charge in [0.05, 0.1) is 13.0 Å². The van der Waals surface area contributed by atoms with E-state index in [0.29, 0.717) is 18.4 Å². The maximum Gasteiger partial charge on any atom is 0.308 e. The molecule has 2 atom stereocenters. The minimum absolute atomic E-state index is 0.179. The zero-order valence-electron chi connectivity index (χ0n) is 12.9. The van der Waals surface area contributed by atoms with Gasteiger partial charge in [0.15, 0.2) is 0 Å². The van der Waals surface area contributed by atoms with Gasteiger partial charge in [0.1, 0.15) is 5.75 Å².